The van der Waals surface area contributed by atoms with Crippen LogP contribution in [0.4, 0.5) is 0 Å². The third-order valence-corrected chi connectivity index (χ3v) is 1.34. The average molecular weight is 114 g/mol. The first-order valence-corrected chi connectivity index (χ1v) is 3.11. The summed E-state index contributed by atoms with van der Waals surface area (Å²) in [5, 5.41) is 0. The van der Waals surface area contributed by atoms with Crippen LogP contribution in [0.1, 0.15) is 19.3 Å². The predicted octanol–water partition coefficient (Wildman–Crippen LogP) is 0.678. The topological polar surface area (TPSA) is 35.2 Å². The normalized spacial score (nSPS) is 20.6. The molecule has 0 aromatic heterocycles. The molecule has 0 aliphatic heterocycles. The van der Waals surface area contributed by atoms with Crippen molar-refractivity contribution in [3.8, 4) is 0 Å². The Kier molecular flexibility index (Phi) is 2.30. The van der Waals surface area contributed by atoms with Gasteiger partial charge in [-0.25, -0.2) is 0 Å². The van der Waals surface area contributed by atoms with Gasteiger partial charge in [0.25, 0.3) is 0 Å². The van der Waals surface area contributed by atoms with Crippen LogP contribution in [-0.4, -0.2) is 13.2 Å². The molecule has 0 bridgehead atoms. The Labute approximate surface area is 50.0 Å². The van der Waals surface area contributed by atoms with Gasteiger partial charge < -0.3 is 10.5 Å². The number of rotatable bonds is 3. The predicted molar refractivity (Wildman–Crippen MR) is 32.1 cm³/mol. The largest absolute Gasteiger partial charge is 0.371 e. The SMILES string of the molecule is NCCO[C]1CCC1. The third kappa shape index (κ3) is 1.46. The Balaban J connectivity index is 1.86. The number of ether oxygens (including phenoxy) is 1. The molecule has 1 fully saturated rings. The van der Waals surface area contributed by atoms with E-state index < -0.39 is 0 Å². The maximum absolute atomic E-state index is 5.22. The second-order valence-electron chi connectivity index (χ2n) is 2.03. The minimum absolute atomic E-state index is 0.642. The Morgan fingerprint density at radius 3 is 2.62 bits per heavy atom. The zero-order chi connectivity index (χ0) is 5.82. The van der Waals surface area contributed by atoms with Gasteiger partial charge in [-0.05, 0) is 19.3 Å². The van der Waals surface area contributed by atoms with Crippen molar-refractivity contribution >= 4 is 0 Å². The summed E-state index contributed by atoms with van der Waals surface area (Å²) >= 11 is 0. The minimum Gasteiger partial charge on any atom is -0.371 e. The first-order valence-electron chi connectivity index (χ1n) is 3.11. The standard InChI is InChI=1S/C6H12NO/c7-4-5-8-6-2-1-3-6/h1-5,7H2. The summed E-state index contributed by atoms with van der Waals surface area (Å²) in [6.07, 6.45) is 4.88. The van der Waals surface area contributed by atoms with E-state index in [1.165, 1.54) is 25.4 Å². The molecule has 0 heterocycles. The molecular weight excluding hydrogens is 102 g/mol. The Bertz CT molecular complexity index is 61.5. The van der Waals surface area contributed by atoms with Crippen LogP contribution in [0.2, 0.25) is 0 Å². The van der Waals surface area contributed by atoms with E-state index in [9.17, 15) is 0 Å². The van der Waals surface area contributed by atoms with E-state index in [2.05, 4.69) is 0 Å². The number of hydrogen-bond acceptors (Lipinski definition) is 2. The molecule has 0 aromatic rings. The van der Waals surface area contributed by atoms with E-state index in [0.717, 1.165) is 0 Å². The van der Waals surface area contributed by atoms with Crippen molar-refractivity contribution in [3.63, 3.8) is 0 Å². The molecule has 1 aliphatic carbocycles. The van der Waals surface area contributed by atoms with E-state index in [0.29, 0.717) is 13.2 Å². The fraction of sp³-hybridized carbons (Fsp3) is 0.833. The van der Waals surface area contributed by atoms with E-state index in [4.69, 9.17) is 10.5 Å². The maximum Gasteiger partial charge on any atom is 0.0971 e. The number of nitrogens with two attached hydrogens (primary N) is 1. The third-order valence-electron chi connectivity index (χ3n) is 1.34. The summed E-state index contributed by atoms with van der Waals surface area (Å²) in [5.74, 6) is 0. The van der Waals surface area contributed by atoms with Gasteiger partial charge in [-0.1, -0.05) is 0 Å². The van der Waals surface area contributed by atoms with E-state index in [-0.39, 0.29) is 0 Å². The first kappa shape index (κ1) is 6.05. The molecule has 1 saturated carbocycles. The van der Waals surface area contributed by atoms with Crippen molar-refractivity contribution in [2.75, 3.05) is 13.2 Å². The average Bonchev–Trinajstić information content (AvgIpc) is 1.63. The first-order chi connectivity index (χ1) is 3.93. The Morgan fingerprint density at radius 1 is 1.50 bits per heavy atom. The van der Waals surface area contributed by atoms with Crippen molar-refractivity contribution in [1.29, 1.82) is 0 Å². The monoisotopic (exact) mass is 114 g/mol. The van der Waals surface area contributed by atoms with Gasteiger partial charge >= 0.3 is 0 Å². The van der Waals surface area contributed by atoms with Crippen molar-refractivity contribution < 1.29 is 4.74 Å². The summed E-state index contributed by atoms with van der Waals surface area (Å²) in [5.41, 5.74) is 5.22. The van der Waals surface area contributed by atoms with Crippen LogP contribution in [0, 0.1) is 6.10 Å². The highest BCUT2D eigenvalue weighted by Gasteiger charge is 2.18. The fourth-order valence-electron chi connectivity index (χ4n) is 0.669. The van der Waals surface area contributed by atoms with E-state index in [1.54, 1.807) is 0 Å². The van der Waals surface area contributed by atoms with Gasteiger partial charge in [-0.2, -0.15) is 0 Å². The van der Waals surface area contributed by atoms with Crippen LogP contribution < -0.4 is 5.73 Å². The fourth-order valence-corrected chi connectivity index (χ4v) is 0.669. The lowest BCUT2D eigenvalue weighted by Crippen LogP contribution is -2.17. The Morgan fingerprint density at radius 2 is 2.25 bits per heavy atom. The highest BCUT2D eigenvalue weighted by Crippen LogP contribution is 2.28. The second kappa shape index (κ2) is 3.05. The number of hydrogen-bond donors (Lipinski definition) is 1. The van der Waals surface area contributed by atoms with E-state index in [1.807, 2.05) is 0 Å². The quantitative estimate of drug-likeness (QED) is 0.585. The highest BCUT2D eigenvalue weighted by atomic mass is 16.5. The minimum atomic E-state index is 0.642. The van der Waals surface area contributed by atoms with Crippen molar-refractivity contribution in [1.82, 2.24) is 0 Å². The van der Waals surface area contributed by atoms with Crippen LogP contribution in [-0.2, 0) is 4.74 Å². The summed E-state index contributed by atoms with van der Waals surface area (Å²) in [6, 6.07) is 0. The lowest BCUT2D eigenvalue weighted by molar-refractivity contribution is 0.0982. The molecule has 8 heavy (non-hydrogen) atoms. The molecule has 0 atom stereocenters. The molecule has 2 nitrogen and oxygen atoms in total. The molecule has 2 heteroatoms. The van der Waals surface area contributed by atoms with Crippen molar-refractivity contribution in [3.05, 3.63) is 6.10 Å². The lowest BCUT2D eigenvalue weighted by atomic mass is 9.96. The lowest BCUT2D eigenvalue weighted by Gasteiger charge is -2.23. The highest BCUT2D eigenvalue weighted by molar-refractivity contribution is 4.87. The summed E-state index contributed by atoms with van der Waals surface area (Å²) < 4.78 is 5.22. The molecule has 2 N–H and O–H groups in total. The molecule has 0 saturated heterocycles. The summed E-state index contributed by atoms with van der Waals surface area (Å²) in [6.45, 7) is 1.35. The summed E-state index contributed by atoms with van der Waals surface area (Å²) in [7, 11) is 0. The molecule has 0 aromatic carbocycles. The summed E-state index contributed by atoms with van der Waals surface area (Å²) in [4.78, 5) is 0. The van der Waals surface area contributed by atoms with Gasteiger partial charge in [-0.3, -0.25) is 0 Å². The molecule has 0 unspecified atom stereocenters. The van der Waals surface area contributed by atoms with Crippen molar-refractivity contribution in [2.24, 2.45) is 5.73 Å². The molecule has 0 spiro atoms. The van der Waals surface area contributed by atoms with E-state index >= 15 is 0 Å². The van der Waals surface area contributed by atoms with Crippen molar-refractivity contribution in [2.45, 2.75) is 19.3 Å². The van der Waals surface area contributed by atoms with Crippen LogP contribution in [0.3, 0.4) is 0 Å². The molecular formula is C6H12NO. The maximum atomic E-state index is 5.22. The van der Waals surface area contributed by atoms with Gasteiger partial charge in [0.05, 0.1) is 12.7 Å². The molecule has 1 rings (SSSR count). The van der Waals surface area contributed by atoms with Gasteiger partial charge in [0.2, 0.25) is 0 Å². The van der Waals surface area contributed by atoms with Crippen LogP contribution in [0.5, 0.6) is 0 Å². The molecule has 0 amide bonds. The smallest absolute Gasteiger partial charge is 0.0971 e. The molecule has 1 radical (unpaired) electrons. The zero-order valence-electron chi connectivity index (χ0n) is 5.02. The van der Waals surface area contributed by atoms with Crippen LogP contribution in [0.25, 0.3) is 0 Å². The van der Waals surface area contributed by atoms with Gasteiger partial charge in [0.15, 0.2) is 0 Å². The second-order valence-corrected chi connectivity index (χ2v) is 2.03. The van der Waals surface area contributed by atoms with Crippen LogP contribution >= 0.6 is 0 Å². The molecule has 1 aliphatic rings. The van der Waals surface area contributed by atoms with Crippen LogP contribution in [0.15, 0.2) is 0 Å². The Hall–Kier alpha value is -0.0800. The van der Waals surface area contributed by atoms with Gasteiger partial charge in [-0.15, -0.1) is 0 Å². The molecule has 47 valence electrons. The van der Waals surface area contributed by atoms with Gasteiger partial charge in [0, 0.05) is 6.54 Å². The zero-order valence-corrected chi connectivity index (χ0v) is 5.02. The van der Waals surface area contributed by atoms with Gasteiger partial charge in [0.1, 0.15) is 0 Å².